The summed E-state index contributed by atoms with van der Waals surface area (Å²) in [6.45, 7) is 2.87. The van der Waals surface area contributed by atoms with Crippen molar-refractivity contribution in [1.82, 2.24) is 9.55 Å². The molecule has 0 unspecified atom stereocenters. The van der Waals surface area contributed by atoms with E-state index in [1.165, 1.54) is 6.42 Å². The lowest BCUT2D eigenvalue weighted by molar-refractivity contribution is -0.673. The Labute approximate surface area is 133 Å². The molecule has 0 radical (unpaired) electrons. The molecule has 0 spiro atoms. The van der Waals surface area contributed by atoms with Gasteiger partial charge in [0, 0.05) is 42.0 Å². The fourth-order valence-corrected chi connectivity index (χ4v) is 3.71. The van der Waals surface area contributed by atoms with Gasteiger partial charge in [0.15, 0.2) is 0 Å². The van der Waals surface area contributed by atoms with E-state index in [2.05, 4.69) is 15.6 Å². The number of anilines is 1. The third-order valence-electron chi connectivity index (χ3n) is 4.83. The molecule has 1 amide bonds. The highest BCUT2D eigenvalue weighted by Crippen LogP contribution is 2.30. The van der Waals surface area contributed by atoms with Crippen molar-refractivity contribution in [3.8, 4) is 0 Å². The molecule has 1 saturated heterocycles. The molecule has 1 fully saturated rings. The van der Waals surface area contributed by atoms with Crippen LogP contribution in [0, 0.1) is 5.92 Å². The van der Waals surface area contributed by atoms with Gasteiger partial charge in [-0.25, -0.2) is 0 Å². The van der Waals surface area contributed by atoms with Crippen molar-refractivity contribution >= 4 is 11.6 Å². The summed E-state index contributed by atoms with van der Waals surface area (Å²) in [5.41, 5.74) is 1.85. The molecule has 2 aromatic heterocycles. The molecular formula is C17H19N4O2+. The Morgan fingerprint density at radius 2 is 2.04 bits per heavy atom. The van der Waals surface area contributed by atoms with Gasteiger partial charge in [-0.1, -0.05) is 0 Å². The van der Waals surface area contributed by atoms with Crippen molar-refractivity contribution in [2.45, 2.75) is 18.9 Å². The lowest BCUT2D eigenvalue weighted by atomic mass is 9.84. The summed E-state index contributed by atoms with van der Waals surface area (Å²) in [5, 5.41) is 5.07. The zero-order chi connectivity index (χ0) is 15.8. The first-order valence-corrected chi connectivity index (χ1v) is 7.99. The second kappa shape index (κ2) is 5.62. The molecule has 2 bridgehead atoms. The van der Waals surface area contributed by atoms with Crippen LogP contribution in [0.3, 0.4) is 0 Å². The third-order valence-corrected chi connectivity index (χ3v) is 4.83. The van der Waals surface area contributed by atoms with E-state index in [0.717, 1.165) is 25.3 Å². The molecule has 4 rings (SSSR count). The monoisotopic (exact) mass is 311 g/mol. The van der Waals surface area contributed by atoms with Gasteiger partial charge in [0.25, 0.3) is 11.5 Å². The summed E-state index contributed by atoms with van der Waals surface area (Å²) in [4.78, 5) is 28.9. The molecule has 2 atom stereocenters. The maximum Gasteiger partial charge on any atom is 0.274 e. The Hall–Kier alpha value is -2.47. The Morgan fingerprint density at radius 1 is 1.22 bits per heavy atom. The van der Waals surface area contributed by atoms with Crippen LogP contribution in [-0.4, -0.2) is 28.5 Å². The fourth-order valence-electron chi connectivity index (χ4n) is 3.71. The van der Waals surface area contributed by atoms with E-state index < -0.39 is 0 Å². The molecule has 0 aromatic carbocycles. The highest BCUT2D eigenvalue weighted by molar-refractivity contribution is 6.04. The van der Waals surface area contributed by atoms with E-state index in [0.29, 0.717) is 23.1 Å². The van der Waals surface area contributed by atoms with Gasteiger partial charge in [-0.3, -0.25) is 14.6 Å². The SMILES string of the molecule is O=C(Nc1ccc2n(c1=O)C[C@@H]1C[NH2+]C[C@H]2C1)c1ccncc1. The van der Waals surface area contributed by atoms with Gasteiger partial charge in [0.1, 0.15) is 5.69 Å². The second-order valence-corrected chi connectivity index (χ2v) is 6.34. The van der Waals surface area contributed by atoms with Gasteiger partial charge < -0.3 is 15.2 Å². The van der Waals surface area contributed by atoms with Crippen LogP contribution in [0.15, 0.2) is 41.5 Å². The summed E-state index contributed by atoms with van der Waals surface area (Å²) >= 11 is 0. The van der Waals surface area contributed by atoms with Gasteiger partial charge in [-0.2, -0.15) is 0 Å². The highest BCUT2D eigenvalue weighted by Gasteiger charge is 2.33. The molecule has 118 valence electrons. The molecule has 3 N–H and O–H groups in total. The number of nitrogens with two attached hydrogens (primary N) is 1. The standard InChI is InChI=1S/C17H18N4O2/c22-16(12-3-5-18-6-4-12)20-14-1-2-15-13-7-11(8-19-9-13)10-21(15)17(14)23/h1-6,11,13,19H,7-10H2,(H,20,22)/p+1/t11-,13+/m0/s1. The Morgan fingerprint density at radius 3 is 2.87 bits per heavy atom. The maximum atomic E-state index is 12.7. The first-order valence-electron chi connectivity index (χ1n) is 7.99. The third kappa shape index (κ3) is 2.55. The summed E-state index contributed by atoms with van der Waals surface area (Å²) in [7, 11) is 0. The predicted octanol–water partition coefficient (Wildman–Crippen LogP) is 0.176. The predicted molar refractivity (Wildman–Crippen MR) is 85.4 cm³/mol. The second-order valence-electron chi connectivity index (χ2n) is 6.34. The van der Waals surface area contributed by atoms with Crippen LogP contribution in [0.4, 0.5) is 5.69 Å². The number of hydrogen-bond acceptors (Lipinski definition) is 3. The number of pyridine rings is 2. The number of nitrogens with one attached hydrogen (secondary N) is 1. The zero-order valence-electron chi connectivity index (χ0n) is 12.7. The van der Waals surface area contributed by atoms with Crippen LogP contribution < -0.4 is 16.2 Å². The van der Waals surface area contributed by atoms with Crippen molar-refractivity contribution in [3.63, 3.8) is 0 Å². The van der Waals surface area contributed by atoms with E-state index in [4.69, 9.17) is 0 Å². The number of amides is 1. The molecule has 6 nitrogen and oxygen atoms in total. The fraction of sp³-hybridized carbons (Fsp3) is 0.353. The van der Waals surface area contributed by atoms with Crippen molar-refractivity contribution < 1.29 is 10.1 Å². The number of nitrogens with zero attached hydrogens (tertiary/aromatic N) is 2. The Kier molecular flexibility index (Phi) is 3.46. The smallest absolute Gasteiger partial charge is 0.274 e. The maximum absolute atomic E-state index is 12.7. The highest BCUT2D eigenvalue weighted by atomic mass is 16.2. The number of fused-ring (bicyclic) bond motifs is 4. The molecule has 4 heterocycles. The molecule has 2 aliphatic heterocycles. The molecule has 6 heteroatoms. The van der Waals surface area contributed by atoms with Crippen molar-refractivity contribution in [1.29, 1.82) is 0 Å². The summed E-state index contributed by atoms with van der Waals surface area (Å²) in [5.74, 6) is 0.708. The van der Waals surface area contributed by atoms with Gasteiger partial charge in [-0.05, 0) is 30.7 Å². The molecular weight excluding hydrogens is 292 g/mol. The first kappa shape index (κ1) is 14.1. The van der Waals surface area contributed by atoms with E-state index in [1.807, 2.05) is 10.6 Å². The number of rotatable bonds is 2. The molecule has 0 aliphatic carbocycles. The van der Waals surface area contributed by atoms with Crippen LogP contribution in [0.25, 0.3) is 0 Å². The van der Waals surface area contributed by atoms with E-state index >= 15 is 0 Å². The first-order chi connectivity index (χ1) is 11.2. The topological polar surface area (TPSA) is 80.6 Å². The minimum atomic E-state index is -0.283. The van der Waals surface area contributed by atoms with Crippen molar-refractivity contribution in [3.05, 3.63) is 58.3 Å². The van der Waals surface area contributed by atoms with E-state index in [-0.39, 0.29) is 11.5 Å². The van der Waals surface area contributed by atoms with Crippen LogP contribution >= 0.6 is 0 Å². The van der Waals surface area contributed by atoms with Crippen molar-refractivity contribution in [2.75, 3.05) is 18.4 Å². The lowest BCUT2D eigenvalue weighted by Gasteiger charge is -2.35. The zero-order valence-corrected chi connectivity index (χ0v) is 12.7. The van der Waals surface area contributed by atoms with Crippen molar-refractivity contribution in [2.24, 2.45) is 5.92 Å². The quantitative estimate of drug-likeness (QED) is 0.830. The van der Waals surface area contributed by atoms with Gasteiger partial charge in [0.2, 0.25) is 0 Å². The van der Waals surface area contributed by atoms with Crippen LogP contribution in [0.1, 0.15) is 28.4 Å². The average Bonchev–Trinajstić information content (AvgIpc) is 2.59. The number of aromatic nitrogens is 2. The number of piperidine rings is 1. The van der Waals surface area contributed by atoms with Crippen LogP contribution in [0.5, 0.6) is 0 Å². The minimum Gasteiger partial charge on any atom is -0.345 e. The normalized spacial score (nSPS) is 22.3. The lowest BCUT2D eigenvalue weighted by Crippen LogP contribution is -2.89. The average molecular weight is 311 g/mol. The molecule has 2 aliphatic rings. The van der Waals surface area contributed by atoms with Crippen LogP contribution in [0.2, 0.25) is 0 Å². The number of quaternary nitrogens is 1. The van der Waals surface area contributed by atoms with Crippen LogP contribution in [-0.2, 0) is 6.54 Å². The van der Waals surface area contributed by atoms with Gasteiger partial charge in [0.05, 0.1) is 13.1 Å². The number of carbonyl (C=O) groups is 1. The van der Waals surface area contributed by atoms with E-state index in [1.54, 1.807) is 30.6 Å². The number of hydrogen-bond donors (Lipinski definition) is 2. The Balaban J connectivity index is 1.65. The Bertz CT molecular complexity index is 800. The summed E-state index contributed by atoms with van der Waals surface area (Å²) < 4.78 is 1.86. The van der Waals surface area contributed by atoms with E-state index in [9.17, 15) is 9.59 Å². The van der Waals surface area contributed by atoms with Gasteiger partial charge in [-0.15, -0.1) is 0 Å². The summed E-state index contributed by atoms with van der Waals surface area (Å²) in [6.07, 6.45) is 4.29. The summed E-state index contributed by atoms with van der Waals surface area (Å²) in [6, 6.07) is 6.99. The largest absolute Gasteiger partial charge is 0.345 e. The molecule has 0 saturated carbocycles. The van der Waals surface area contributed by atoms with Gasteiger partial charge >= 0.3 is 0 Å². The molecule has 23 heavy (non-hydrogen) atoms. The number of carbonyl (C=O) groups excluding carboxylic acids is 1. The minimum absolute atomic E-state index is 0.0958. The molecule has 2 aromatic rings.